The highest BCUT2D eigenvalue weighted by atomic mass is 32.1. The molecule has 4 N–H and O–H groups in total. The molecular weight excluding hydrogens is 528 g/mol. The molecule has 5 amide bonds. The Bertz CT molecular complexity index is 1090. The molecule has 1 saturated heterocycles. The molecule has 1 aliphatic rings. The predicted octanol–water partition coefficient (Wildman–Crippen LogP) is 4.64. The average Bonchev–Trinajstić information content (AvgIpc) is 3.44. The van der Waals surface area contributed by atoms with Crippen molar-refractivity contribution in [3.63, 3.8) is 0 Å². The maximum Gasteiger partial charge on any atom is 0.341 e. The standard InChI is InChI=1S/C29H44N6O4S/c1-6-11-31-28(37)32-24-16-20(2)26(21(3)17-24)27(36)30-12-7-22(4)34-13-8-25(9-14-34)35(29(38)33-39-5)18-23-10-15-40-19-23/h10,15-17,19,22,25H,6-9,11-14,18H2,1-5H3,(H,30,36)(H,33,38)(H2,31,32,37). The molecule has 3 rings (SSSR count). The number of thiophene rings is 1. The van der Waals surface area contributed by atoms with E-state index in [0.717, 1.165) is 55.5 Å². The van der Waals surface area contributed by atoms with Gasteiger partial charge in [-0.3, -0.25) is 9.63 Å². The number of rotatable bonds is 12. The molecule has 2 heterocycles. The largest absolute Gasteiger partial charge is 0.352 e. The summed E-state index contributed by atoms with van der Waals surface area (Å²) in [5.41, 5.74) is 6.57. The first kappa shape index (κ1) is 31.4. The van der Waals surface area contributed by atoms with Crippen LogP contribution < -0.4 is 21.4 Å². The topological polar surface area (TPSA) is 115 Å². The Kier molecular flexibility index (Phi) is 12.2. The molecule has 11 heteroatoms. The zero-order chi connectivity index (χ0) is 29.1. The van der Waals surface area contributed by atoms with Crippen LogP contribution in [0.5, 0.6) is 0 Å². The number of amides is 5. The number of carbonyl (C=O) groups is 3. The number of piperidine rings is 1. The van der Waals surface area contributed by atoms with Crippen LogP contribution >= 0.6 is 11.3 Å². The molecule has 1 unspecified atom stereocenters. The van der Waals surface area contributed by atoms with Crippen LogP contribution in [0.15, 0.2) is 29.0 Å². The second kappa shape index (κ2) is 15.6. The van der Waals surface area contributed by atoms with Gasteiger partial charge < -0.3 is 25.8 Å². The highest BCUT2D eigenvalue weighted by molar-refractivity contribution is 7.07. The Morgan fingerprint density at radius 3 is 2.42 bits per heavy atom. The van der Waals surface area contributed by atoms with E-state index in [1.165, 1.54) is 7.11 Å². The van der Waals surface area contributed by atoms with Gasteiger partial charge in [0.25, 0.3) is 5.91 Å². The van der Waals surface area contributed by atoms with Crippen molar-refractivity contribution in [2.24, 2.45) is 0 Å². The molecular formula is C29H44N6O4S. The Labute approximate surface area is 241 Å². The minimum absolute atomic E-state index is 0.101. The van der Waals surface area contributed by atoms with Crippen LogP contribution in [0.4, 0.5) is 15.3 Å². The predicted molar refractivity (Wildman–Crippen MR) is 160 cm³/mol. The van der Waals surface area contributed by atoms with E-state index in [-0.39, 0.29) is 24.0 Å². The van der Waals surface area contributed by atoms with E-state index in [1.54, 1.807) is 11.3 Å². The maximum atomic E-state index is 13.0. The van der Waals surface area contributed by atoms with Crippen LogP contribution in [-0.2, 0) is 11.4 Å². The number of nitrogens with zero attached hydrogens (tertiary/aromatic N) is 2. The smallest absolute Gasteiger partial charge is 0.341 e. The summed E-state index contributed by atoms with van der Waals surface area (Å²) >= 11 is 1.63. The summed E-state index contributed by atoms with van der Waals surface area (Å²) in [5.74, 6) is -0.101. The Hall–Kier alpha value is -3.15. The molecule has 0 radical (unpaired) electrons. The van der Waals surface area contributed by atoms with Crippen molar-refractivity contribution in [1.82, 2.24) is 25.9 Å². The molecule has 0 bridgehead atoms. The molecule has 1 aromatic heterocycles. The van der Waals surface area contributed by atoms with E-state index in [2.05, 4.69) is 38.6 Å². The van der Waals surface area contributed by atoms with Crippen molar-refractivity contribution in [2.75, 3.05) is 38.6 Å². The fraction of sp³-hybridized carbons (Fsp3) is 0.552. The molecule has 1 aliphatic heterocycles. The first-order valence-electron chi connectivity index (χ1n) is 14.0. The molecule has 2 aromatic rings. The zero-order valence-corrected chi connectivity index (χ0v) is 25.2. The van der Waals surface area contributed by atoms with Crippen molar-refractivity contribution in [2.45, 2.75) is 72.0 Å². The highest BCUT2D eigenvalue weighted by Crippen LogP contribution is 2.23. The number of aryl methyl sites for hydroxylation is 2. The van der Waals surface area contributed by atoms with E-state index < -0.39 is 0 Å². The molecule has 1 aromatic carbocycles. The minimum atomic E-state index is -0.246. The summed E-state index contributed by atoms with van der Waals surface area (Å²) in [6, 6.07) is 5.68. The Morgan fingerprint density at radius 1 is 1.12 bits per heavy atom. The second-order valence-corrected chi connectivity index (χ2v) is 11.2. The van der Waals surface area contributed by atoms with E-state index in [9.17, 15) is 14.4 Å². The van der Waals surface area contributed by atoms with Crippen molar-refractivity contribution in [1.29, 1.82) is 0 Å². The van der Waals surface area contributed by atoms with Gasteiger partial charge in [0.15, 0.2) is 0 Å². The van der Waals surface area contributed by atoms with E-state index in [0.29, 0.717) is 36.9 Å². The summed E-state index contributed by atoms with van der Waals surface area (Å²) in [5, 5.41) is 12.8. The molecule has 0 aliphatic carbocycles. The van der Waals surface area contributed by atoms with Crippen LogP contribution in [0.2, 0.25) is 0 Å². The molecule has 40 heavy (non-hydrogen) atoms. The summed E-state index contributed by atoms with van der Waals surface area (Å²) in [4.78, 5) is 46.9. The van der Waals surface area contributed by atoms with Crippen molar-refractivity contribution >= 4 is 35.0 Å². The number of likely N-dealkylation sites (tertiary alicyclic amines) is 1. The molecule has 1 atom stereocenters. The number of hydrogen-bond acceptors (Lipinski definition) is 6. The third kappa shape index (κ3) is 8.94. The number of anilines is 1. The van der Waals surface area contributed by atoms with E-state index >= 15 is 0 Å². The van der Waals surface area contributed by atoms with Gasteiger partial charge in [-0.15, -0.1) is 0 Å². The van der Waals surface area contributed by atoms with Crippen molar-refractivity contribution in [3.8, 4) is 0 Å². The lowest BCUT2D eigenvalue weighted by atomic mass is 10.00. The first-order chi connectivity index (χ1) is 19.2. The third-order valence-electron chi connectivity index (χ3n) is 7.35. The molecule has 1 fully saturated rings. The Balaban J connectivity index is 1.47. The van der Waals surface area contributed by atoms with Gasteiger partial charge >= 0.3 is 12.1 Å². The Morgan fingerprint density at radius 2 is 1.82 bits per heavy atom. The minimum Gasteiger partial charge on any atom is -0.352 e. The van der Waals surface area contributed by atoms with Gasteiger partial charge in [-0.2, -0.15) is 11.3 Å². The average molecular weight is 573 g/mol. The molecule has 0 spiro atoms. The van der Waals surface area contributed by atoms with Gasteiger partial charge in [0.2, 0.25) is 0 Å². The van der Waals surface area contributed by atoms with Gasteiger partial charge in [-0.25, -0.2) is 15.1 Å². The number of benzene rings is 1. The molecule has 220 valence electrons. The normalized spacial score (nSPS) is 14.8. The van der Waals surface area contributed by atoms with Crippen molar-refractivity contribution in [3.05, 3.63) is 51.2 Å². The summed E-state index contributed by atoms with van der Waals surface area (Å²) in [6.07, 6.45) is 3.46. The van der Waals surface area contributed by atoms with E-state index in [4.69, 9.17) is 4.84 Å². The van der Waals surface area contributed by atoms with Gasteiger partial charge in [0.05, 0.1) is 7.11 Å². The first-order valence-corrected chi connectivity index (χ1v) is 15.0. The second-order valence-electron chi connectivity index (χ2n) is 10.4. The number of nitrogens with one attached hydrogen (secondary N) is 4. The van der Waals surface area contributed by atoms with Crippen LogP contribution in [0.1, 0.15) is 66.6 Å². The van der Waals surface area contributed by atoms with Crippen LogP contribution in [0, 0.1) is 13.8 Å². The summed E-state index contributed by atoms with van der Waals surface area (Å²) in [6.45, 7) is 11.5. The van der Waals surface area contributed by atoms with Crippen LogP contribution in [0.3, 0.4) is 0 Å². The summed E-state index contributed by atoms with van der Waals surface area (Å²) in [7, 11) is 1.45. The fourth-order valence-electron chi connectivity index (χ4n) is 5.20. The zero-order valence-electron chi connectivity index (χ0n) is 24.3. The number of carbonyl (C=O) groups excluding carboxylic acids is 3. The lowest BCUT2D eigenvalue weighted by Gasteiger charge is -2.40. The maximum absolute atomic E-state index is 13.0. The summed E-state index contributed by atoms with van der Waals surface area (Å²) < 4.78 is 0. The van der Waals surface area contributed by atoms with Crippen LogP contribution in [0.25, 0.3) is 0 Å². The quantitative estimate of drug-likeness (QED) is 0.277. The van der Waals surface area contributed by atoms with Gasteiger partial charge in [0.1, 0.15) is 0 Å². The lowest BCUT2D eigenvalue weighted by molar-refractivity contribution is 0.0565. The van der Waals surface area contributed by atoms with Gasteiger partial charge in [0, 0.05) is 56.1 Å². The highest BCUT2D eigenvalue weighted by Gasteiger charge is 2.30. The SMILES string of the molecule is CCCNC(=O)Nc1cc(C)c(C(=O)NCCC(C)N2CCC(N(Cc3ccsc3)C(=O)NOC)CC2)c(C)c1. The van der Waals surface area contributed by atoms with Gasteiger partial charge in [-0.1, -0.05) is 6.92 Å². The van der Waals surface area contributed by atoms with Crippen molar-refractivity contribution < 1.29 is 19.2 Å². The molecule has 10 nitrogen and oxygen atoms in total. The fourth-order valence-corrected chi connectivity index (χ4v) is 5.86. The van der Waals surface area contributed by atoms with E-state index in [1.807, 2.05) is 49.3 Å². The molecule has 0 saturated carbocycles. The number of hydrogen-bond donors (Lipinski definition) is 4. The van der Waals surface area contributed by atoms with Crippen LogP contribution in [-0.4, -0.2) is 73.1 Å². The third-order valence-corrected chi connectivity index (χ3v) is 8.08. The number of hydroxylamine groups is 1. The monoisotopic (exact) mass is 572 g/mol. The van der Waals surface area contributed by atoms with Gasteiger partial charge in [-0.05, 0) is 92.1 Å². The number of urea groups is 2. The lowest BCUT2D eigenvalue weighted by Crippen LogP contribution is -2.51.